The lowest BCUT2D eigenvalue weighted by atomic mass is 9.39. The van der Waals surface area contributed by atoms with E-state index in [-0.39, 0.29) is 42.5 Å². The molecule has 1 aromatic rings. The van der Waals surface area contributed by atoms with Crippen LogP contribution in [0.3, 0.4) is 0 Å². The minimum atomic E-state index is -2.57. The molecule has 0 heterocycles. The average Bonchev–Trinajstić information content (AvgIpc) is 2.93. The van der Waals surface area contributed by atoms with Crippen LogP contribution in [0.4, 0.5) is 4.79 Å². The first-order valence-electron chi connectivity index (χ1n) is 16.7. The van der Waals surface area contributed by atoms with Crippen molar-refractivity contribution in [3.05, 3.63) is 28.3 Å². The Bertz CT molecular complexity index is 1390. The van der Waals surface area contributed by atoms with Crippen molar-refractivity contribution >= 4 is 23.5 Å². The van der Waals surface area contributed by atoms with Gasteiger partial charge in [0.05, 0.1) is 17.6 Å². The van der Waals surface area contributed by atoms with Gasteiger partial charge in [-0.15, -0.1) is 0 Å². The molecule has 2 saturated carbocycles. The fourth-order valence-corrected chi connectivity index (χ4v) is 9.33. The quantitative estimate of drug-likeness (QED) is 0.149. The second-order valence-corrected chi connectivity index (χ2v) is 15.1. The molecule has 8 atom stereocenters. The van der Waals surface area contributed by atoms with Gasteiger partial charge in [-0.2, -0.15) is 0 Å². The molecule has 0 aliphatic heterocycles. The zero-order valence-corrected chi connectivity index (χ0v) is 28.3. The van der Waals surface area contributed by atoms with Crippen LogP contribution in [0.25, 0.3) is 0 Å². The van der Waals surface area contributed by atoms with Gasteiger partial charge in [-0.1, -0.05) is 67.7 Å². The van der Waals surface area contributed by atoms with Crippen molar-refractivity contribution in [2.24, 2.45) is 40.2 Å². The lowest BCUT2D eigenvalue weighted by molar-refractivity contribution is -0.265. The lowest BCUT2D eigenvalue weighted by Gasteiger charge is -2.66. The number of hydrogen-bond acceptors (Lipinski definition) is 8. The Morgan fingerprint density at radius 2 is 1.72 bits per heavy atom. The Labute approximate surface area is 271 Å². The van der Waals surface area contributed by atoms with Crippen molar-refractivity contribution in [2.75, 3.05) is 6.54 Å². The van der Waals surface area contributed by atoms with E-state index in [2.05, 4.69) is 17.6 Å². The predicted molar refractivity (Wildman–Crippen MR) is 172 cm³/mol. The molecule has 8 N–H and O–H groups in total. The highest BCUT2D eigenvalue weighted by Crippen LogP contribution is 2.66. The molecule has 4 unspecified atom stereocenters. The Morgan fingerprint density at radius 1 is 1.07 bits per heavy atom. The monoisotopic (exact) mass is 643 g/mol. The van der Waals surface area contributed by atoms with E-state index in [1.807, 2.05) is 34.6 Å². The highest BCUT2D eigenvalue weighted by atomic mass is 16.4. The number of phenols is 1. The van der Waals surface area contributed by atoms with Gasteiger partial charge in [0.1, 0.15) is 17.8 Å². The first kappa shape index (κ1) is 35.8. The van der Waals surface area contributed by atoms with E-state index in [9.17, 15) is 39.6 Å². The molecular formula is C35H53N3O8. The van der Waals surface area contributed by atoms with E-state index >= 15 is 0 Å². The Hall–Kier alpha value is -3.02. The first-order valence-corrected chi connectivity index (χ1v) is 16.7. The fourth-order valence-electron chi connectivity index (χ4n) is 9.33. The predicted octanol–water partition coefficient (Wildman–Crippen LogP) is 3.08. The van der Waals surface area contributed by atoms with Crippen molar-refractivity contribution in [3.8, 4) is 5.75 Å². The number of nitrogens with two attached hydrogens (primary N) is 1. The normalized spacial score (nSPS) is 33.8. The number of amides is 3. The van der Waals surface area contributed by atoms with Crippen molar-refractivity contribution in [2.45, 2.75) is 117 Å². The molecule has 0 aromatic heterocycles. The lowest BCUT2D eigenvalue weighted by Crippen LogP contribution is -2.79. The molecule has 256 valence electrons. The van der Waals surface area contributed by atoms with Gasteiger partial charge in [-0.05, 0) is 59.6 Å². The largest absolute Gasteiger partial charge is 0.507 e. The number of aliphatic hydroxyl groups is 3. The zero-order valence-electron chi connectivity index (χ0n) is 28.3. The number of nitrogens with one attached hydrogen (secondary N) is 2. The number of ketones is 2. The number of unbranched alkanes of at least 4 members (excludes halogenated alkanes) is 3. The number of urea groups is 1. The van der Waals surface area contributed by atoms with Gasteiger partial charge in [0.25, 0.3) is 0 Å². The van der Waals surface area contributed by atoms with Crippen LogP contribution < -0.4 is 16.4 Å². The molecule has 46 heavy (non-hydrogen) atoms. The standard InChI is InChI=1S/C35H53N3O8/c1-8-9-10-11-12-37-32(45)38-15-19-13-20(17(2)3)21-14-33(6)16-34(7)24(18(4)5)28(41)23(31(36)44)29(42)35(34,46)30(43)25(33)27(40)22(21)26(19)39/h13,17-18,23-25,28,30,39,41,43,46H,8-12,14-16H2,1-7H3,(H2,36,44)(H2,37,38,45)/t23?,24-,25?,28?,30?,33+,34+,35-/m0/s1. The van der Waals surface area contributed by atoms with E-state index in [0.29, 0.717) is 17.7 Å². The van der Waals surface area contributed by atoms with E-state index in [1.54, 1.807) is 13.0 Å². The molecule has 0 bridgehead atoms. The number of primary amides is 1. The van der Waals surface area contributed by atoms with Crippen LogP contribution in [0.5, 0.6) is 5.75 Å². The number of carbonyl (C=O) groups excluding carboxylic acids is 4. The van der Waals surface area contributed by atoms with E-state index in [0.717, 1.165) is 31.2 Å². The molecule has 1 aromatic carbocycles. The molecule has 11 nitrogen and oxygen atoms in total. The molecule has 4 rings (SSSR count). The van der Waals surface area contributed by atoms with Gasteiger partial charge in [0.2, 0.25) is 5.91 Å². The summed E-state index contributed by atoms with van der Waals surface area (Å²) in [4.78, 5) is 53.4. The van der Waals surface area contributed by atoms with Crippen LogP contribution in [0.1, 0.15) is 114 Å². The fraction of sp³-hybridized carbons (Fsp3) is 0.714. The number of hydrogen-bond donors (Lipinski definition) is 7. The summed E-state index contributed by atoms with van der Waals surface area (Å²) < 4.78 is 0. The van der Waals surface area contributed by atoms with Gasteiger partial charge in [-0.3, -0.25) is 14.4 Å². The number of benzene rings is 1. The third-order valence-electron chi connectivity index (χ3n) is 11.3. The number of phenolic OH excluding ortho intramolecular Hbond substituents is 1. The van der Waals surface area contributed by atoms with Crippen LogP contribution in [0.2, 0.25) is 0 Å². The maximum absolute atomic E-state index is 14.5. The highest BCUT2D eigenvalue weighted by molar-refractivity contribution is 6.09. The summed E-state index contributed by atoms with van der Waals surface area (Å²) in [6.07, 6.45) is 0.950. The summed E-state index contributed by atoms with van der Waals surface area (Å²) in [6.45, 7) is 13.6. The smallest absolute Gasteiger partial charge is 0.315 e. The number of carbonyl (C=O) groups is 4. The highest BCUT2D eigenvalue weighted by Gasteiger charge is 2.76. The molecule has 3 aliphatic carbocycles. The van der Waals surface area contributed by atoms with Gasteiger partial charge < -0.3 is 36.8 Å². The minimum Gasteiger partial charge on any atom is -0.507 e. The van der Waals surface area contributed by atoms with Gasteiger partial charge in [0, 0.05) is 24.1 Å². The van der Waals surface area contributed by atoms with Crippen LogP contribution >= 0.6 is 0 Å². The van der Waals surface area contributed by atoms with Crippen molar-refractivity contribution < 1.29 is 39.6 Å². The number of aromatic hydroxyl groups is 1. The number of aliphatic hydroxyl groups excluding tert-OH is 2. The average molecular weight is 644 g/mol. The maximum atomic E-state index is 14.5. The van der Waals surface area contributed by atoms with E-state index in [1.165, 1.54) is 0 Å². The summed E-state index contributed by atoms with van der Waals surface area (Å²) in [5.74, 6) is -7.39. The van der Waals surface area contributed by atoms with Crippen molar-refractivity contribution in [1.29, 1.82) is 0 Å². The molecule has 0 radical (unpaired) electrons. The summed E-state index contributed by atoms with van der Waals surface area (Å²) in [5.41, 5.74) is 2.37. The second-order valence-electron chi connectivity index (χ2n) is 15.1. The molecule has 3 amide bonds. The van der Waals surface area contributed by atoms with Crippen LogP contribution in [0, 0.1) is 34.5 Å². The van der Waals surface area contributed by atoms with Crippen molar-refractivity contribution in [1.82, 2.24) is 10.6 Å². The van der Waals surface area contributed by atoms with Crippen LogP contribution in [-0.2, 0) is 22.6 Å². The molecule has 0 spiro atoms. The maximum Gasteiger partial charge on any atom is 0.315 e. The Morgan fingerprint density at radius 3 is 2.28 bits per heavy atom. The van der Waals surface area contributed by atoms with Gasteiger partial charge >= 0.3 is 6.03 Å². The van der Waals surface area contributed by atoms with Crippen LogP contribution in [-0.4, -0.2) is 68.3 Å². The number of Topliss-reactive ketones (excluding diaryl/α,β-unsaturated/α-hetero) is 2. The molecule has 2 fully saturated rings. The summed E-state index contributed by atoms with van der Waals surface area (Å²) >= 11 is 0. The summed E-state index contributed by atoms with van der Waals surface area (Å²) in [5, 5.41) is 52.8. The second kappa shape index (κ2) is 12.9. The van der Waals surface area contributed by atoms with E-state index < -0.39 is 69.9 Å². The third kappa shape index (κ3) is 5.52. The molecule has 11 heteroatoms. The summed E-state index contributed by atoms with van der Waals surface area (Å²) in [6, 6.07) is 1.40. The summed E-state index contributed by atoms with van der Waals surface area (Å²) in [7, 11) is 0. The molecule has 0 saturated heterocycles. The van der Waals surface area contributed by atoms with Gasteiger partial charge in [-0.25, -0.2) is 4.79 Å². The topological polar surface area (TPSA) is 199 Å². The zero-order chi connectivity index (χ0) is 34.5. The van der Waals surface area contributed by atoms with E-state index in [4.69, 9.17) is 5.73 Å². The third-order valence-corrected chi connectivity index (χ3v) is 11.3. The minimum absolute atomic E-state index is 0.00635. The number of fused-ring (bicyclic) bond motifs is 3. The van der Waals surface area contributed by atoms with Crippen molar-refractivity contribution in [3.63, 3.8) is 0 Å². The Balaban J connectivity index is 1.77. The van der Waals surface area contributed by atoms with Crippen LogP contribution in [0.15, 0.2) is 6.07 Å². The first-order chi connectivity index (χ1) is 21.4. The SMILES string of the molecule is CCCCCCNC(=O)NCc1cc(C(C)C)c2c(c1O)C(=O)C1C(O)[C@@]3(O)C(=O)C(C(N)=O)C(O)[C@H](C(C)C)[C@@]3(C)C[C@@]1(C)C2. The molecular weight excluding hydrogens is 590 g/mol. The Kier molecular flexibility index (Phi) is 10.0. The van der Waals surface area contributed by atoms with Gasteiger partial charge in [0.15, 0.2) is 17.2 Å². The molecule has 3 aliphatic rings. The number of rotatable bonds is 10.